The maximum absolute atomic E-state index is 13.6. The Balaban J connectivity index is 2.80. The Bertz CT molecular complexity index is 352. The molecule has 0 aliphatic heterocycles. The van der Waals surface area contributed by atoms with E-state index in [4.69, 9.17) is 0 Å². The van der Waals surface area contributed by atoms with E-state index in [1.807, 2.05) is 13.0 Å². The van der Waals surface area contributed by atoms with Crippen LogP contribution in [0.5, 0.6) is 0 Å². The monoisotopic (exact) mass is 287 g/mol. The zero-order valence-corrected chi connectivity index (χ0v) is 11.8. The summed E-state index contributed by atoms with van der Waals surface area (Å²) in [6, 6.07) is 5.44. The smallest absolute Gasteiger partial charge is 0.128 e. The first kappa shape index (κ1) is 13.7. The molecule has 0 aliphatic rings. The van der Waals surface area contributed by atoms with E-state index in [0.717, 1.165) is 4.47 Å². The van der Waals surface area contributed by atoms with Crippen LogP contribution in [0.4, 0.5) is 4.39 Å². The molecule has 0 radical (unpaired) electrons. The van der Waals surface area contributed by atoms with E-state index < -0.39 is 0 Å². The highest BCUT2D eigenvalue weighted by Crippen LogP contribution is 2.22. The van der Waals surface area contributed by atoms with Gasteiger partial charge in [0, 0.05) is 22.1 Å². The molecule has 1 aromatic carbocycles. The lowest BCUT2D eigenvalue weighted by Gasteiger charge is -2.23. The molecule has 2 atom stereocenters. The van der Waals surface area contributed by atoms with Crippen molar-refractivity contribution in [2.75, 3.05) is 0 Å². The van der Waals surface area contributed by atoms with Crippen LogP contribution in [0.1, 0.15) is 39.3 Å². The Hall–Kier alpha value is -0.410. The Morgan fingerprint density at radius 1 is 1.19 bits per heavy atom. The maximum Gasteiger partial charge on any atom is 0.128 e. The van der Waals surface area contributed by atoms with E-state index in [-0.39, 0.29) is 11.9 Å². The molecule has 1 N–H and O–H groups in total. The van der Waals surface area contributed by atoms with E-state index in [0.29, 0.717) is 17.5 Å². The van der Waals surface area contributed by atoms with Gasteiger partial charge in [-0.2, -0.15) is 0 Å². The van der Waals surface area contributed by atoms with Gasteiger partial charge >= 0.3 is 0 Å². The number of hydrogen-bond donors (Lipinski definition) is 1. The molecule has 0 heterocycles. The van der Waals surface area contributed by atoms with Crippen LogP contribution in [0.2, 0.25) is 0 Å². The molecule has 16 heavy (non-hydrogen) atoms. The molecule has 0 saturated carbocycles. The molecule has 1 rings (SSSR count). The Morgan fingerprint density at radius 2 is 1.81 bits per heavy atom. The average Bonchev–Trinajstić information content (AvgIpc) is 2.21. The standard InChI is InChI=1S/C13H19BrFN/c1-8(2)9(3)16-10(4)12-7-11(14)5-6-13(12)15/h5-10,16H,1-4H3. The van der Waals surface area contributed by atoms with Gasteiger partial charge in [0.05, 0.1) is 0 Å². The molecule has 2 unspecified atom stereocenters. The summed E-state index contributed by atoms with van der Waals surface area (Å²) in [4.78, 5) is 0. The van der Waals surface area contributed by atoms with Crippen LogP contribution in [-0.4, -0.2) is 6.04 Å². The van der Waals surface area contributed by atoms with E-state index in [2.05, 4.69) is 42.0 Å². The molecule has 0 saturated heterocycles. The summed E-state index contributed by atoms with van der Waals surface area (Å²) in [5.74, 6) is 0.386. The first-order valence-electron chi connectivity index (χ1n) is 5.62. The second-order valence-corrected chi connectivity index (χ2v) is 5.50. The van der Waals surface area contributed by atoms with Gasteiger partial charge in [-0.3, -0.25) is 0 Å². The minimum absolute atomic E-state index is 0.0231. The third-order valence-corrected chi connectivity index (χ3v) is 3.43. The van der Waals surface area contributed by atoms with Gasteiger partial charge in [0.2, 0.25) is 0 Å². The van der Waals surface area contributed by atoms with Crippen LogP contribution >= 0.6 is 15.9 Å². The van der Waals surface area contributed by atoms with Crippen molar-refractivity contribution in [2.24, 2.45) is 5.92 Å². The fraction of sp³-hybridized carbons (Fsp3) is 0.538. The van der Waals surface area contributed by atoms with Crippen LogP contribution in [0, 0.1) is 11.7 Å². The molecule has 0 bridgehead atoms. The number of hydrogen-bond acceptors (Lipinski definition) is 1. The molecule has 3 heteroatoms. The Labute approximate surface area is 106 Å². The van der Waals surface area contributed by atoms with Gasteiger partial charge in [0.25, 0.3) is 0 Å². The first-order valence-corrected chi connectivity index (χ1v) is 6.42. The van der Waals surface area contributed by atoms with Crippen molar-refractivity contribution in [2.45, 2.75) is 39.8 Å². The lowest BCUT2D eigenvalue weighted by Crippen LogP contribution is -2.33. The lowest BCUT2D eigenvalue weighted by atomic mass is 10.0. The number of rotatable bonds is 4. The zero-order chi connectivity index (χ0) is 12.3. The van der Waals surface area contributed by atoms with E-state index >= 15 is 0 Å². The lowest BCUT2D eigenvalue weighted by molar-refractivity contribution is 0.382. The Kier molecular flexibility index (Phi) is 4.93. The van der Waals surface area contributed by atoms with Crippen molar-refractivity contribution in [1.29, 1.82) is 0 Å². The van der Waals surface area contributed by atoms with E-state index in [1.165, 1.54) is 6.07 Å². The second-order valence-electron chi connectivity index (χ2n) is 4.59. The topological polar surface area (TPSA) is 12.0 Å². The van der Waals surface area contributed by atoms with Gasteiger partial charge in [-0.1, -0.05) is 29.8 Å². The predicted molar refractivity (Wildman–Crippen MR) is 70.0 cm³/mol. The van der Waals surface area contributed by atoms with Crippen LogP contribution in [0.15, 0.2) is 22.7 Å². The molecule has 1 nitrogen and oxygen atoms in total. The van der Waals surface area contributed by atoms with Crippen molar-refractivity contribution in [3.63, 3.8) is 0 Å². The second kappa shape index (κ2) is 5.78. The van der Waals surface area contributed by atoms with Crippen LogP contribution in [-0.2, 0) is 0 Å². The van der Waals surface area contributed by atoms with Crippen molar-refractivity contribution in [3.8, 4) is 0 Å². The minimum atomic E-state index is -0.154. The van der Waals surface area contributed by atoms with Crippen LogP contribution in [0.3, 0.4) is 0 Å². The van der Waals surface area contributed by atoms with Crippen molar-refractivity contribution < 1.29 is 4.39 Å². The minimum Gasteiger partial charge on any atom is -0.307 e. The first-order chi connectivity index (χ1) is 7.41. The third kappa shape index (κ3) is 3.56. The van der Waals surface area contributed by atoms with Crippen molar-refractivity contribution in [3.05, 3.63) is 34.1 Å². The van der Waals surface area contributed by atoms with Gasteiger partial charge in [-0.15, -0.1) is 0 Å². The number of halogens is 2. The summed E-state index contributed by atoms with van der Waals surface area (Å²) >= 11 is 3.37. The molecule has 0 aliphatic carbocycles. The van der Waals surface area contributed by atoms with Crippen LogP contribution < -0.4 is 5.32 Å². The third-order valence-electron chi connectivity index (χ3n) is 2.94. The Morgan fingerprint density at radius 3 is 2.38 bits per heavy atom. The van der Waals surface area contributed by atoms with Gasteiger partial charge in [0.1, 0.15) is 5.82 Å². The molecule has 0 amide bonds. The molecule has 0 aromatic heterocycles. The van der Waals surface area contributed by atoms with E-state index in [9.17, 15) is 4.39 Å². The molecular weight excluding hydrogens is 269 g/mol. The number of nitrogens with one attached hydrogen (secondary N) is 1. The van der Waals surface area contributed by atoms with Crippen molar-refractivity contribution in [1.82, 2.24) is 5.32 Å². The summed E-state index contributed by atoms with van der Waals surface area (Å²) in [5, 5.41) is 3.40. The number of benzene rings is 1. The summed E-state index contributed by atoms with van der Waals surface area (Å²) < 4.78 is 14.5. The fourth-order valence-electron chi connectivity index (χ4n) is 1.52. The molecule has 1 aromatic rings. The average molecular weight is 288 g/mol. The van der Waals surface area contributed by atoms with Gasteiger partial charge in [-0.05, 0) is 38.0 Å². The summed E-state index contributed by atoms with van der Waals surface area (Å²) in [5.41, 5.74) is 0.710. The maximum atomic E-state index is 13.6. The molecule has 90 valence electrons. The van der Waals surface area contributed by atoms with Gasteiger partial charge in [-0.25, -0.2) is 4.39 Å². The highest BCUT2D eigenvalue weighted by atomic mass is 79.9. The van der Waals surface area contributed by atoms with Crippen LogP contribution in [0.25, 0.3) is 0 Å². The molecule has 0 fully saturated rings. The predicted octanol–water partition coefficient (Wildman–Crippen LogP) is 4.28. The highest BCUT2D eigenvalue weighted by Gasteiger charge is 2.15. The summed E-state index contributed by atoms with van der Waals surface area (Å²) in [7, 11) is 0. The zero-order valence-electron chi connectivity index (χ0n) is 10.2. The van der Waals surface area contributed by atoms with Gasteiger partial charge in [0.15, 0.2) is 0 Å². The van der Waals surface area contributed by atoms with E-state index in [1.54, 1.807) is 6.07 Å². The largest absolute Gasteiger partial charge is 0.307 e. The molecule has 0 spiro atoms. The highest BCUT2D eigenvalue weighted by molar-refractivity contribution is 9.10. The SMILES string of the molecule is CC(NC(C)C(C)C)c1cc(Br)ccc1F. The molecular formula is C13H19BrFN. The summed E-state index contributed by atoms with van der Waals surface area (Å²) in [6.07, 6.45) is 0. The quantitative estimate of drug-likeness (QED) is 0.871. The van der Waals surface area contributed by atoms with Crippen molar-refractivity contribution >= 4 is 15.9 Å². The normalized spacial score (nSPS) is 15.2. The fourth-order valence-corrected chi connectivity index (χ4v) is 1.90. The van der Waals surface area contributed by atoms with Gasteiger partial charge < -0.3 is 5.32 Å². The summed E-state index contributed by atoms with van der Waals surface area (Å²) in [6.45, 7) is 8.42.